The van der Waals surface area contributed by atoms with Gasteiger partial charge in [0.15, 0.2) is 11.6 Å². The molecule has 19 nitrogen and oxygen atoms in total. The van der Waals surface area contributed by atoms with Gasteiger partial charge in [-0.1, -0.05) is 68.4 Å². The van der Waals surface area contributed by atoms with E-state index in [9.17, 15) is 24.6 Å². The fourth-order valence-corrected chi connectivity index (χ4v) is 16.4. The highest BCUT2D eigenvalue weighted by atomic mass is 32.1. The molecule has 462 valence electrons. The molecule has 1 aliphatic carbocycles. The Morgan fingerprint density at radius 1 is 0.852 bits per heavy atom. The highest BCUT2D eigenvalue weighted by Gasteiger charge is 2.47. The lowest BCUT2D eigenvalue weighted by molar-refractivity contribution is -0.141. The molecule has 3 unspecified atom stereocenters. The van der Waals surface area contributed by atoms with Crippen LogP contribution in [0.4, 0.5) is 22.4 Å². The number of aromatic nitrogens is 5. The molecule has 6 saturated heterocycles. The molecule has 0 saturated carbocycles. The van der Waals surface area contributed by atoms with Crippen LogP contribution in [-0.2, 0) is 14.3 Å². The summed E-state index contributed by atoms with van der Waals surface area (Å²) in [5.41, 5.74) is 9.20. The van der Waals surface area contributed by atoms with Crippen LogP contribution in [0.2, 0.25) is 0 Å². The van der Waals surface area contributed by atoms with Crippen LogP contribution in [0.25, 0.3) is 43.4 Å². The maximum Gasteiger partial charge on any atom is 0.410 e. The molecule has 3 N–H and O–H groups in total. The molecule has 6 fully saturated rings. The average molecular weight is 1210 g/mol. The number of piperazine rings is 1. The Balaban J connectivity index is 0.588. The molecule has 14 rings (SSSR count). The number of fused-ring (bicyclic) bond motifs is 6. The monoisotopic (exact) mass is 1210 g/mol. The van der Waals surface area contributed by atoms with Crippen molar-refractivity contribution in [3.63, 3.8) is 0 Å². The number of carbonyl (C=O) groups excluding carboxylic acids is 3. The summed E-state index contributed by atoms with van der Waals surface area (Å²) in [4.78, 5) is 76.7. The third-order valence-corrected chi connectivity index (χ3v) is 21.1. The van der Waals surface area contributed by atoms with Crippen LogP contribution in [0, 0.1) is 30.6 Å². The predicted molar refractivity (Wildman–Crippen MR) is 341 cm³/mol. The number of nitrogens with zero attached hydrogens (tertiary/aromatic N) is 11. The maximum atomic E-state index is 14.5. The minimum absolute atomic E-state index is 0.00222. The van der Waals surface area contributed by atoms with Crippen LogP contribution in [0.5, 0.6) is 5.75 Å². The molecular formula is C68H82N12O7S. The van der Waals surface area contributed by atoms with Crippen molar-refractivity contribution in [3.05, 3.63) is 101 Å². The van der Waals surface area contributed by atoms with Gasteiger partial charge in [0, 0.05) is 94.0 Å². The number of aliphatic hydroxyl groups excluding tert-OH is 1. The number of anilines is 3. The second kappa shape index (κ2) is 22.9. The van der Waals surface area contributed by atoms with E-state index in [1.807, 2.05) is 108 Å². The van der Waals surface area contributed by atoms with Crippen molar-refractivity contribution in [2.75, 3.05) is 80.1 Å². The SMILES string of the molecule is Cc1ncsc1-c1ccc([C@H](C)NC(=O)[C@@H]2C[C@@H](O)CN2C(=O)[C@@H](c2cc(N3CC(CC4CCN(CC5CN(c6nc(N7CC8CCC(C7)N8C(=O)OC(C)(C)C)c7cnc8c(c7n6)C(C)c6cccc7cc(O)cc-8c67)C5)CC4)C3)no2)C(C)C)cc1. The number of aryl methyl sites for hydroxylation is 1. The first kappa shape index (κ1) is 58.3. The van der Waals surface area contributed by atoms with Crippen molar-refractivity contribution < 1.29 is 33.9 Å². The molecule has 0 spiro atoms. The van der Waals surface area contributed by atoms with Crippen molar-refractivity contribution in [1.29, 1.82) is 0 Å². The van der Waals surface area contributed by atoms with Gasteiger partial charge < -0.3 is 49.3 Å². The van der Waals surface area contributed by atoms with Crippen molar-refractivity contribution in [1.82, 2.24) is 45.1 Å². The number of piperidine rings is 1. The van der Waals surface area contributed by atoms with Crippen LogP contribution < -0.4 is 20.0 Å². The average Bonchev–Trinajstić information content (AvgIpc) is 0.810. The van der Waals surface area contributed by atoms with Gasteiger partial charge in [0.1, 0.15) is 29.1 Å². The zero-order valence-electron chi connectivity index (χ0n) is 51.9. The van der Waals surface area contributed by atoms with Gasteiger partial charge in [0.05, 0.1) is 56.9 Å². The van der Waals surface area contributed by atoms with Gasteiger partial charge in [0.25, 0.3) is 0 Å². The molecule has 20 heteroatoms. The number of β-amino-alcohol motifs (C(OH)–C–C–N with tert-alkyl or cyclic N) is 1. The van der Waals surface area contributed by atoms with Crippen LogP contribution in [0.15, 0.2) is 76.9 Å². The molecule has 88 heavy (non-hydrogen) atoms. The van der Waals surface area contributed by atoms with Crippen molar-refractivity contribution in [2.45, 2.75) is 142 Å². The molecular weight excluding hydrogens is 1130 g/mol. The van der Waals surface area contributed by atoms with E-state index < -0.39 is 23.7 Å². The lowest BCUT2D eigenvalue weighted by atomic mass is 9.79. The number of rotatable bonds is 14. The number of aliphatic hydroxyl groups is 1. The lowest BCUT2D eigenvalue weighted by Gasteiger charge is -2.45. The topological polar surface area (TPSA) is 210 Å². The lowest BCUT2D eigenvalue weighted by Crippen LogP contribution is -2.57. The quantitative estimate of drug-likeness (QED) is 0.0925. The van der Waals surface area contributed by atoms with Crippen LogP contribution in [0.1, 0.15) is 133 Å². The highest BCUT2D eigenvalue weighted by Crippen LogP contribution is 2.50. The third-order valence-electron chi connectivity index (χ3n) is 20.1. The molecule has 0 radical (unpaired) electrons. The Hall–Kier alpha value is -7.42. The maximum absolute atomic E-state index is 14.5. The number of amides is 3. The number of ether oxygens (including phenoxy) is 1. The largest absolute Gasteiger partial charge is 0.508 e. The number of pyridine rings is 1. The van der Waals surface area contributed by atoms with Gasteiger partial charge >= 0.3 is 6.09 Å². The molecule has 7 aromatic rings. The molecule has 4 aromatic heterocycles. The first-order valence-electron chi connectivity index (χ1n) is 32.0. The standard InChI is InChI=1S/C68H82N12O7S/c1-37(2)57(65(84)79-35-50(82)25-54(79)64(83)71-39(4)44-12-14-45(15-13-44)62-40(5)70-36-88-62)55-26-56(74-87-55)76-29-42(30-76)22-41-18-20-75(21-19-41)28-43-31-78(32-43)66-72-61-53(63(73-66)77-33-47-16-17-48(34-77)80(47)67(85)86-68(6,7)8)27-69-60-52-24-49(81)23-46-10-9-11-51(59(46)52)38(3)58(60)61/h9-15,23-24,26-27,36-39,41-43,47-48,50,54,57,81-82H,16-22,25,28-35H2,1-8H3,(H,71,83)/t38?,39-,47?,48?,50+,54-,57+/m0/s1. The van der Waals surface area contributed by atoms with Crippen LogP contribution in [0.3, 0.4) is 0 Å². The van der Waals surface area contributed by atoms with E-state index >= 15 is 0 Å². The van der Waals surface area contributed by atoms with Gasteiger partial charge in [-0.3, -0.25) is 19.5 Å². The number of nitrogens with one attached hydrogen (secondary N) is 1. The summed E-state index contributed by atoms with van der Waals surface area (Å²) in [6.45, 7) is 24.0. The van der Waals surface area contributed by atoms with E-state index in [0.29, 0.717) is 36.6 Å². The molecule has 6 aliphatic heterocycles. The first-order valence-corrected chi connectivity index (χ1v) is 32.9. The Kier molecular flexibility index (Phi) is 15.1. The summed E-state index contributed by atoms with van der Waals surface area (Å²) in [6, 6.07) is 18.9. The Morgan fingerprint density at radius 2 is 1.59 bits per heavy atom. The molecule has 7 atom stereocenters. The van der Waals surface area contributed by atoms with E-state index in [0.717, 1.165) is 136 Å². The van der Waals surface area contributed by atoms with Crippen LogP contribution >= 0.6 is 11.3 Å². The second-order valence-electron chi connectivity index (χ2n) is 27.8. The zero-order valence-corrected chi connectivity index (χ0v) is 52.7. The fraction of sp³-hybridized carbons (Fsp3) is 0.529. The summed E-state index contributed by atoms with van der Waals surface area (Å²) in [5, 5.41) is 32.4. The Labute approximate surface area is 518 Å². The number of likely N-dealkylation sites (tertiary alicyclic amines) is 2. The third kappa shape index (κ3) is 10.9. The second-order valence-corrected chi connectivity index (χ2v) is 28.7. The van der Waals surface area contributed by atoms with E-state index in [1.165, 1.54) is 24.8 Å². The number of hydrogen-bond acceptors (Lipinski definition) is 17. The van der Waals surface area contributed by atoms with Gasteiger partial charge in [0.2, 0.25) is 17.8 Å². The molecule has 10 heterocycles. The first-order chi connectivity index (χ1) is 42.3. The number of benzene rings is 3. The Bertz CT molecular complexity index is 3790. The summed E-state index contributed by atoms with van der Waals surface area (Å²) in [7, 11) is 0. The van der Waals surface area contributed by atoms with E-state index in [-0.39, 0.29) is 66.6 Å². The summed E-state index contributed by atoms with van der Waals surface area (Å²) in [5.74, 6) is 3.43. The number of aromatic hydroxyl groups is 1. The zero-order chi connectivity index (χ0) is 61.0. The Morgan fingerprint density at radius 3 is 2.30 bits per heavy atom. The molecule has 7 aliphatic rings. The van der Waals surface area contributed by atoms with Gasteiger partial charge in [-0.05, 0) is 137 Å². The van der Waals surface area contributed by atoms with E-state index in [4.69, 9.17) is 24.2 Å². The highest BCUT2D eigenvalue weighted by molar-refractivity contribution is 7.13. The van der Waals surface area contributed by atoms with Gasteiger partial charge in [-0.15, -0.1) is 11.3 Å². The van der Waals surface area contributed by atoms with Crippen molar-refractivity contribution in [2.24, 2.45) is 23.7 Å². The van der Waals surface area contributed by atoms with E-state index in [2.05, 4.69) is 60.2 Å². The number of phenolic OH excluding ortho intramolecular Hbond substituents is 1. The molecule has 3 aromatic carbocycles. The number of thiazole rings is 1. The van der Waals surface area contributed by atoms with Gasteiger partial charge in [-0.25, -0.2) is 14.8 Å². The minimum atomic E-state index is -0.809. The number of hydrogen-bond donors (Lipinski definition) is 3. The summed E-state index contributed by atoms with van der Waals surface area (Å²) in [6.07, 6.45) is 6.41. The predicted octanol–water partition coefficient (Wildman–Crippen LogP) is 10.3. The fourth-order valence-electron chi connectivity index (χ4n) is 15.6. The summed E-state index contributed by atoms with van der Waals surface area (Å²) < 4.78 is 11.9. The van der Waals surface area contributed by atoms with Crippen LogP contribution in [-0.4, -0.2) is 163 Å². The van der Waals surface area contributed by atoms with Gasteiger partial charge in [-0.2, -0.15) is 4.98 Å². The summed E-state index contributed by atoms with van der Waals surface area (Å²) >= 11 is 1.60. The smallest absolute Gasteiger partial charge is 0.410 e. The molecule has 3 amide bonds. The normalized spacial score (nSPS) is 23.2. The number of carbonyl (C=O) groups is 3. The molecule has 2 bridgehead atoms. The minimum Gasteiger partial charge on any atom is -0.508 e. The number of phenols is 1. The van der Waals surface area contributed by atoms with Crippen molar-refractivity contribution >= 4 is 68.5 Å². The van der Waals surface area contributed by atoms with Crippen molar-refractivity contribution in [3.8, 4) is 27.4 Å². The van der Waals surface area contributed by atoms with E-state index in [1.54, 1.807) is 16.2 Å².